The lowest BCUT2D eigenvalue weighted by atomic mass is 10.1. The van der Waals surface area contributed by atoms with Crippen molar-refractivity contribution in [3.63, 3.8) is 0 Å². The zero-order valence-corrected chi connectivity index (χ0v) is 11.7. The highest BCUT2D eigenvalue weighted by atomic mass is 32.2. The van der Waals surface area contributed by atoms with Crippen LogP contribution < -0.4 is 5.32 Å². The summed E-state index contributed by atoms with van der Waals surface area (Å²) in [6.07, 6.45) is 2.00. The summed E-state index contributed by atoms with van der Waals surface area (Å²) in [6.45, 7) is 4.58. The van der Waals surface area contributed by atoms with Crippen LogP contribution in [0.3, 0.4) is 0 Å². The number of carbonyl (C=O) groups excluding carboxylic acids is 1. The van der Waals surface area contributed by atoms with E-state index in [1.54, 1.807) is 0 Å². The minimum absolute atomic E-state index is 0.186. The summed E-state index contributed by atoms with van der Waals surface area (Å²) in [7, 11) is 1.43. The van der Waals surface area contributed by atoms with Crippen molar-refractivity contribution in [3.8, 4) is 0 Å². The van der Waals surface area contributed by atoms with Gasteiger partial charge < -0.3 is 14.8 Å². The van der Waals surface area contributed by atoms with E-state index in [9.17, 15) is 4.79 Å². The van der Waals surface area contributed by atoms with Crippen LogP contribution in [0.25, 0.3) is 0 Å². The monoisotopic (exact) mass is 261 g/mol. The maximum absolute atomic E-state index is 11.6. The van der Waals surface area contributed by atoms with Crippen molar-refractivity contribution in [3.05, 3.63) is 0 Å². The maximum atomic E-state index is 11.6. The third-order valence-electron chi connectivity index (χ3n) is 2.71. The summed E-state index contributed by atoms with van der Waals surface area (Å²) in [5.41, 5.74) is 0. The maximum Gasteiger partial charge on any atom is 0.322 e. The Morgan fingerprint density at radius 1 is 1.53 bits per heavy atom. The number of ether oxygens (including phenoxy) is 2. The van der Waals surface area contributed by atoms with Crippen molar-refractivity contribution >= 4 is 17.7 Å². The highest BCUT2D eigenvalue weighted by Crippen LogP contribution is 2.18. The molecule has 0 aliphatic carbocycles. The fourth-order valence-electron chi connectivity index (χ4n) is 1.78. The van der Waals surface area contributed by atoms with Gasteiger partial charge in [-0.2, -0.15) is 11.8 Å². The van der Waals surface area contributed by atoms with Gasteiger partial charge in [-0.25, -0.2) is 0 Å². The molecular formula is C12H23NO3S. The number of thioether (sulfide) groups is 1. The molecule has 1 fully saturated rings. The Balaban J connectivity index is 2.34. The van der Waals surface area contributed by atoms with Crippen molar-refractivity contribution in [1.82, 2.24) is 5.32 Å². The third kappa shape index (κ3) is 5.75. The molecule has 1 saturated heterocycles. The molecule has 0 bridgehead atoms. The molecule has 0 amide bonds. The lowest BCUT2D eigenvalue weighted by Gasteiger charge is -2.20. The summed E-state index contributed by atoms with van der Waals surface area (Å²) >= 11 is 1.93. The summed E-state index contributed by atoms with van der Waals surface area (Å²) in [6, 6.07) is 0.200. The molecule has 4 nitrogen and oxygen atoms in total. The van der Waals surface area contributed by atoms with Gasteiger partial charge in [0.2, 0.25) is 0 Å². The Bertz CT molecular complexity index is 230. The van der Waals surface area contributed by atoms with Gasteiger partial charge in [-0.15, -0.1) is 0 Å². The Labute approximate surface area is 108 Å². The second-order valence-corrected chi connectivity index (χ2v) is 5.66. The van der Waals surface area contributed by atoms with Gasteiger partial charge in [0.15, 0.2) is 0 Å². The number of esters is 1. The molecule has 0 radical (unpaired) electrons. The topological polar surface area (TPSA) is 47.6 Å². The second-order valence-electron chi connectivity index (χ2n) is 4.51. The Hall–Kier alpha value is -0.260. The van der Waals surface area contributed by atoms with Crippen LogP contribution in [0.5, 0.6) is 0 Å². The van der Waals surface area contributed by atoms with Crippen LogP contribution in [0.1, 0.15) is 26.7 Å². The first-order valence-electron chi connectivity index (χ1n) is 6.16. The molecule has 0 saturated carbocycles. The molecule has 2 atom stereocenters. The van der Waals surface area contributed by atoms with E-state index in [0.717, 1.165) is 12.2 Å². The second kappa shape index (κ2) is 7.95. The van der Waals surface area contributed by atoms with Gasteiger partial charge >= 0.3 is 5.97 Å². The summed E-state index contributed by atoms with van der Waals surface area (Å²) < 4.78 is 10.3. The Morgan fingerprint density at radius 2 is 2.29 bits per heavy atom. The van der Waals surface area contributed by atoms with Crippen LogP contribution in [0.4, 0.5) is 0 Å². The fraction of sp³-hybridized carbons (Fsp3) is 0.917. The first-order chi connectivity index (χ1) is 8.13. The first kappa shape index (κ1) is 14.8. The van der Waals surface area contributed by atoms with Gasteiger partial charge in [0.25, 0.3) is 0 Å². The van der Waals surface area contributed by atoms with Crippen LogP contribution in [0.15, 0.2) is 0 Å². The van der Waals surface area contributed by atoms with Crippen molar-refractivity contribution < 1.29 is 14.3 Å². The fourth-order valence-corrected chi connectivity index (χ4v) is 2.95. The van der Waals surface area contributed by atoms with Gasteiger partial charge in [0, 0.05) is 18.4 Å². The largest absolute Gasteiger partial charge is 0.468 e. The molecular weight excluding hydrogens is 238 g/mol. The minimum atomic E-state index is -0.234. The molecule has 5 heteroatoms. The van der Waals surface area contributed by atoms with Crippen molar-refractivity contribution in [1.29, 1.82) is 0 Å². The number of methoxy groups -OCH3 is 1. The van der Waals surface area contributed by atoms with Crippen LogP contribution in [0, 0.1) is 0 Å². The summed E-state index contributed by atoms with van der Waals surface area (Å²) in [5.74, 6) is 2.07. The molecule has 0 aromatic rings. The van der Waals surface area contributed by atoms with Crippen molar-refractivity contribution in [2.24, 2.45) is 0 Å². The summed E-state index contributed by atoms with van der Waals surface area (Å²) in [5, 5.41) is 3.36. The minimum Gasteiger partial charge on any atom is -0.468 e. The van der Waals surface area contributed by atoms with E-state index in [4.69, 9.17) is 9.47 Å². The van der Waals surface area contributed by atoms with Crippen molar-refractivity contribution in [2.45, 2.75) is 44.9 Å². The Morgan fingerprint density at radius 3 is 2.82 bits per heavy atom. The molecule has 1 aliphatic rings. The first-order valence-corrected chi connectivity index (χ1v) is 7.32. The molecule has 1 rings (SSSR count). The molecule has 0 aromatic heterocycles. The van der Waals surface area contributed by atoms with E-state index in [1.165, 1.54) is 12.9 Å². The van der Waals surface area contributed by atoms with E-state index in [0.29, 0.717) is 19.1 Å². The number of nitrogens with one attached hydrogen (secondary N) is 1. The molecule has 1 heterocycles. The normalized spacial score (nSPS) is 21.8. The zero-order chi connectivity index (χ0) is 12.7. The van der Waals surface area contributed by atoms with E-state index >= 15 is 0 Å². The number of hydrogen-bond donors (Lipinski definition) is 1. The van der Waals surface area contributed by atoms with E-state index in [1.807, 2.05) is 25.6 Å². The van der Waals surface area contributed by atoms with Crippen LogP contribution in [-0.4, -0.2) is 49.4 Å². The SMILES string of the molecule is COC(=O)[C@H](CCOC(C)C)N[C@@H]1CCSC1. The predicted octanol–water partition coefficient (Wildman–Crippen LogP) is 1.44. The smallest absolute Gasteiger partial charge is 0.322 e. The molecule has 0 unspecified atom stereocenters. The standard InChI is InChI=1S/C12H23NO3S/c1-9(2)16-6-4-11(12(14)15-3)13-10-5-7-17-8-10/h9-11,13H,4-8H2,1-3H3/t10-,11+/m1/s1. The van der Waals surface area contributed by atoms with Gasteiger partial charge in [-0.3, -0.25) is 4.79 Å². The van der Waals surface area contributed by atoms with Crippen molar-refractivity contribution in [2.75, 3.05) is 25.2 Å². The van der Waals surface area contributed by atoms with Gasteiger partial charge in [-0.05, 0) is 32.4 Å². The lowest BCUT2D eigenvalue weighted by Crippen LogP contribution is -2.44. The van der Waals surface area contributed by atoms with E-state index in [2.05, 4.69) is 5.32 Å². The van der Waals surface area contributed by atoms with Crippen LogP contribution >= 0.6 is 11.8 Å². The molecule has 100 valence electrons. The van der Waals surface area contributed by atoms with E-state index < -0.39 is 0 Å². The Kier molecular flexibility index (Phi) is 6.92. The molecule has 0 aromatic carbocycles. The molecule has 17 heavy (non-hydrogen) atoms. The summed E-state index contributed by atoms with van der Waals surface area (Å²) in [4.78, 5) is 11.6. The van der Waals surface area contributed by atoms with Gasteiger partial charge in [-0.1, -0.05) is 0 Å². The van der Waals surface area contributed by atoms with Crippen LogP contribution in [-0.2, 0) is 14.3 Å². The van der Waals surface area contributed by atoms with Gasteiger partial charge in [0.1, 0.15) is 6.04 Å². The molecule has 1 N–H and O–H groups in total. The van der Waals surface area contributed by atoms with E-state index in [-0.39, 0.29) is 18.1 Å². The highest BCUT2D eigenvalue weighted by molar-refractivity contribution is 7.99. The average Bonchev–Trinajstić information content (AvgIpc) is 2.79. The number of hydrogen-bond acceptors (Lipinski definition) is 5. The predicted molar refractivity (Wildman–Crippen MR) is 70.4 cm³/mol. The van der Waals surface area contributed by atoms with Crippen LogP contribution in [0.2, 0.25) is 0 Å². The quantitative estimate of drug-likeness (QED) is 0.703. The molecule has 0 spiro atoms. The van der Waals surface area contributed by atoms with Gasteiger partial charge in [0.05, 0.1) is 13.2 Å². The zero-order valence-electron chi connectivity index (χ0n) is 10.9. The third-order valence-corrected chi connectivity index (χ3v) is 3.87. The highest BCUT2D eigenvalue weighted by Gasteiger charge is 2.24. The number of rotatable bonds is 7. The lowest BCUT2D eigenvalue weighted by molar-refractivity contribution is -0.144. The average molecular weight is 261 g/mol. The molecule has 1 aliphatic heterocycles. The number of carbonyl (C=O) groups is 1.